The Bertz CT molecular complexity index is 665. The van der Waals surface area contributed by atoms with Crippen molar-refractivity contribution in [3.63, 3.8) is 0 Å². The monoisotopic (exact) mass is 394 g/mol. The molecule has 1 saturated heterocycles. The molecular weight excluding hydrogens is 368 g/mol. The lowest BCUT2D eigenvalue weighted by atomic mass is 9.99. The van der Waals surface area contributed by atoms with Crippen LogP contribution in [-0.4, -0.2) is 54.4 Å². The van der Waals surface area contributed by atoms with E-state index in [4.69, 9.17) is 0 Å². The molecule has 148 valence electrons. The standard InChI is InChI=1S/C18H26N4O4S/c1-27-9-7-16(18(24)20-12-13-4-3-8-19-11-13)21-17(23)14-5-2-6-15(10-14)22(25)26/h2,5-6,10,13,16,19H,3-4,7-9,11-12H2,1H3,(H,20,24)(H,21,23). The zero-order chi connectivity index (χ0) is 19.6. The molecule has 0 aromatic heterocycles. The van der Waals surface area contributed by atoms with Gasteiger partial charge in [0.25, 0.3) is 11.6 Å². The molecule has 2 atom stereocenters. The minimum Gasteiger partial charge on any atom is -0.354 e. The molecule has 0 bridgehead atoms. The van der Waals surface area contributed by atoms with Gasteiger partial charge in [-0.15, -0.1) is 0 Å². The Morgan fingerprint density at radius 2 is 2.26 bits per heavy atom. The Morgan fingerprint density at radius 3 is 2.93 bits per heavy atom. The number of nitro groups is 1. The molecule has 1 aromatic carbocycles. The van der Waals surface area contributed by atoms with Crippen LogP contribution in [0.15, 0.2) is 24.3 Å². The van der Waals surface area contributed by atoms with Crippen LogP contribution in [-0.2, 0) is 4.79 Å². The number of nitro benzene ring substituents is 1. The molecule has 0 radical (unpaired) electrons. The zero-order valence-corrected chi connectivity index (χ0v) is 16.2. The second-order valence-corrected chi connectivity index (χ2v) is 7.56. The van der Waals surface area contributed by atoms with Crippen LogP contribution < -0.4 is 16.0 Å². The molecule has 3 N–H and O–H groups in total. The molecule has 2 unspecified atom stereocenters. The highest BCUT2D eigenvalue weighted by Gasteiger charge is 2.23. The van der Waals surface area contributed by atoms with E-state index in [1.165, 1.54) is 24.3 Å². The molecule has 0 saturated carbocycles. The second kappa shape index (κ2) is 10.9. The largest absolute Gasteiger partial charge is 0.354 e. The lowest BCUT2D eigenvalue weighted by molar-refractivity contribution is -0.384. The summed E-state index contributed by atoms with van der Waals surface area (Å²) >= 11 is 1.59. The zero-order valence-electron chi connectivity index (χ0n) is 15.4. The number of hydrogen-bond donors (Lipinski definition) is 3. The Hall–Kier alpha value is -2.13. The summed E-state index contributed by atoms with van der Waals surface area (Å²) in [7, 11) is 0. The van der Waals surface area contributed by atoms with Gasteiger partial charge in [-0.3, -0.25) is 19.7 Å². The van der Waals surface area contributed by atoms with Crippen LogP contribution in [0.4, 0.5) is 5.69 Å². The highest BCUT2D eigenvalue weighted by atomic mass is 32.2. The van der Waals surface area contributed by atoms with E-state index in [1.807, 2.05) is 6.26 Å². The number of nitrogens with one attached hydrogen (secondary N) is 3. The minimum absolute atomic E-state index is 0.155. The number of rotatable bonds is 9. The van der Waals surface area contributed by atoms with Gasteiger partial charge in [0.15, 0.2) is 0 Å². The van der Waals surface area contributed by atoms with Crippen molar-refractivity contribution in [3.05, 3.63) is 39.9 Å². The third-order valence-corrected chi connectivity index (χ3v) is 5.16. The summed E-state index contributed by atoms with van der Waals surface area (Å²) in [6.45, 7) is 2.48. The van der Waals surface area contributed by atoms with Gasteiger partial charge in [0.1, 0.15) is 6.04 Å². The Kier molecular flexibility index (Phi) is 8.53. The molecule has 9 heteroatoms. The van der Waals surface area contributed by atoms with Crippen LogP contribution in [0.5, 0.6) is 0 Å². The normalized spacial score (nSPS) is 17.7. The number of benzene rings is 1. The van der Waals surface area contributed by atoms with Gasteiger partial charge in [-0.2, -0.15) is 11.8 Å². The van der Waals surface area contributed by atoms with Gasteiger partial charge in [0.05, 0.1) is 4.92 Å². The molecule has 1 fully saturated rings. The predicted molar refractivity (Wildman–Crippen MR) is 106 cm³/mol. The molecule has 27 heavy (non-hydrogen) atoms. The number of carbonyl (C=O) groups excluding carboxylic acids is 2. The summed E-state index contributed by atoms with van der Waals surface area (Å²) in [4.78, 5) is 35.4. The lowest BCUT2D eigenvalue weighted by Gasteiger charge is -2.24. The van der Waals surface area contributed by atoms with Crippen molar-refractivity contribution >= 4 is 29.3 Å². The van der Waals surface area contributed by atoms with Crippen LogP contribution >= 0.6 is 11.8 Å². The van der Waals surface area contributed by atoms with Gasteiger partial charge >= 0.3 is 0 Å². The molecule has 1 heterocycles. The van der Waals surface area contributed by atoms with E-state index in [-0.39, 0.29) is 17.2 Å². The molecule has 1 aromatic rings. The first-order valence-electron chi connectivity index (χ1n) is 9.04. The Balaban J connectivity index is 1.97. The fraction of sp³-hybridized carbons (Fsp3) is 0.556. The molecule has 8 nitrogen and oxygen atoms in total. The van der Waals surface area contributed by atoms with Crippen molar-refractivity contribution in [3.8, 4) is 0 Å². The van der Waals surface area contributed by atoms with E-state index in [1.54, 1.807) is 11.8 Å². The van der Waals surface area contributed by atoms with Crippen molar-refractivity contribution in [2.45, 2.75) is 25.3 Å². The first-order valence-corrected chi connectivity index (χ1v) is 10.4. The number of piperidine rings is 1. The maximum atomic E-state index is 12.6. The quantitative estimate of drug-likeness (QED) is 0.433. The first-order chi connectivity index (χ1) is 13.0. The lowest BCUT2D eigenvalue weighted by Crippen LogP contribution is -2.49. The third-order valence-electron chi connectivity index (χ3n) is 4.52. The van der Waals surface area contributed by atoms with E-state index < -0.39 is 16.9 Å². The van der Waals surface area contributed by atoms with Crippen molar-refractivity contribution in [1.29, 1.82) is 0 Å². The van der Waals surface area contributed by atoms with E-state index in [9.17, 15) is 19.7 Å². The van der Waals surface area contributed by atoms with Crippen molar-refractivity contribution < 1.29 is 14.5 Å². The highest BCUT2D eigenvalue weighted by Crippen LogP contribution is 2.14. The summed E-state index contributed by atoms with van der Waals surface area (Å²) in [5.74, 6) is 0.419. The second-order valence-electron chi connectivity index (χ2n) is 6.57. The maximum Gasteiger partial charge on any atom is 0.270 e. The van der Waals surface area contributed by atoms with Gasteiger partial charge in [-0.25, -0.2) is 0 Å². The van der Waals surface area contributed by atoms with E-state index in [2.05, 4.69) is 16.0 Å². The predicted octanol–water partition coefficient (Wildman–Crippen LogP) is 1.56. The van der Waals surface area contributed by atoms with Gasteiger partial charge in [0.2, 0.25) is 5.91 Å². The third kappa shape index (κ3) is 6.84. The summed E-state index contributed by atoms with van der Waals surface area (Å²) < 4.78 is 0. The number of amides is 2. The molecular formula is C18H26N4O4S. The van der Waals surface area contributed by atoms with Crippen LogP contribution in [0.2, 0.25) is 0 Å². The Labute approximate surface area is 163 Å². The molecule has 0 aliphatic carbocycles. The van der Waals surface area contributed by atoms with Gasteiger partial charge < -0.3 is 16.0 Å². The average molecular weight is 394 g/mol. The number of hydrogen-bond acceptors (Lipinski definition) is 6. The van der Waals surface area contributed by atoms with E-state index >= 15 is 0 Å². The van der Waals surface area contributed by atoms with E-state index in [0.29, 0.717) is 18.9 Å². The number of non-ortho nitro benzene ring substituents is 1. The van der Waals surface area contributed by atoms with E-state index in [0.717, 1.165) is 31.7 Å². The number of thioether (sulfide) groups is 1. The summed E-state index contributed by atoms with van der Waals surface area (Å²) in [5, 5.41) is 19.9. The fourth-order valence-electron chi connectivity index (χ4n) is 2.97. The molecule has 2 rings (SSSR count). The van der Waals surface area contributed by atoms with Gasteiger partial charge in [-0.1, -0.05) is 6.07 Å². The average Bonchev–Trinajstić information content (AvgIpc) is 2.70. The SMILES string of the molecule is CSCCC(NC(=O)c1cccc([N+](=O)[O-])c1)C(=O)NCC1CCCNC1. The fourth-order valence-corrected chi connectivity index (χ4v) is 3.44. The minimum atomic E-state index is -0.666. The van der Waals surface area contributed by atoms with Crippen LogP contribution in [0, 0.1) is 16.0 Å². The van der Waals surface area contributed by atoms with Crippen molar-refractivity contribution in [2.24, 2.45) is 5.92 Å². The molecule has 2 amide bonds. The summed E-state index contributed by atoms with van der Waals surface area (Å²) in [6.07, 6.45) is 4.60. The van der Waals surface area contributed by atoms with Crippen molar-refractivity contribution in [1.82, 2.24) is 16.0 Å². The first kappa shape index (κ1) is 21.2. The maximum absolute atomic E-state index is 12.6. The molecule has 1 aliphatic rings. The summed E-state index contributed by atoms with van der Waals surface area (Å²) in [6, 6.07) is 4.83. The Morgan fingerprint density at radius 1 is 1.44 bits per heavy atom. The topological polar surface area (TPSA) is 113 Å². The highest BCUT2D eigenvalue weighted by molar-refractivity contribution is 7.98. The number of carbonyl (C=O) groups is 2. The molecule has 0 spiro atoms. The van der Waals surface area contributed by atoms with Crippen LogP contribution in [0.3, 0.4) is 0 Å². The van der Waals surface area contributed by atoms with Crippen molar-refractivity contribution in [2.75, 3.05) is 31.6 Å². The van der Waals surface area contributed by atoms with Gasteiger partial charge in [0, 0.05) is 24.2 Å². The van der Waals surface area contributed by atoms with Crippen LogP contribution in [0.25, 0.3) is 0 Å². The smallest absolute Gasteiger partial charge is 0.270 e. The van der Waals surface area contributed by atoms with Gasteiger partial charge in [-0.05, 0) is 56.3 Å². The van der Waals surface area contributed by atoms with Crippen LogP contribution in [0.1, 0.15) is 29.6 Å². The summed E-state index contributed by atoms with van der Waals surface area (Å²) in [5.41, 5.74) is 0.0141. The number of nitrogens with zero attached hydrogens (tertiary/aromatic N) is 1. The molecule has 1 aliphatic heterocycles.